The first-order chi connectivity index (χ1) is 11.6. The van der Waals surface area contributed by atoms with Gasteiger partial charge in [0.25, 0.3) is 5.91 Å². The topological polar surface area (TPSA) is 75.4 Å². The molecule has 0 atom stereocenters. The van der Waals surface area contributed by atoms with Crippen LogP contribution in [0.5, 0.6) is 0 Å². The average Bonchev–Trinajstić information content (AvgIpc) is 3.04. The highest BCUT2D eigenvalue weighted by Gasteiger charge is 2.24. The van der Waals surface area contributed by atoms with E-state index in [1.54, 1.807) is 17.4 Å². The summed E-state index contributed by atoms with van der Waals surface area (Å²) in [6.45, 7) is 3.56. The smallest absolute Gasteiger partial charge is 0.254 e. The summed E-state index contributed by atoms with van der Waals surface area (Å²) in [5.41, 5.74) is 8.75. The zero-order valence-electron chi connectivity index (χ0n) is 14.1. The van der Waals surface area contributed by atoms with Gasteiger partial charge in [-0.3, -0.25) is 9.59 Å². The van der Waals surface area contributed by atoms with Crippen LogP contribution in [0.3, 0.4) is 0 Å². The number of rotatable bonds is 4. The van der Waals surface area contributed by atoms with Gasteiger partial charge in [0.05, 0.1) is 0 Å². The van der Waals surface area contributed by atoms with Crippen LogP contribution in [0.25, 0.3) is 0 Å². The molecule has 2 heterocycles. The lowest BCUT2D eigenvalue weighted by Gasteiger charge is -2.28. The lowest BCUT2D eigenvalue weighted by Crippen LogP contribution is -2.35. The van der Waals surface area contributed by atoms with E-state index in [1.165, 1.54) is 10.4 Å². The van der Waals surface area contributed by atoms with Gasteiger partial charge in [0.2, 0.25) is 5.91 Å². The number of anilines is 1. The molecule has 0 saturated heterocycles. The first kappa shape index (κ1) is 19.4. The second-order valence-electron chi connectivity index (χ2n) is 5.91. The number of thiophene rings is 1. The molecule has 0 saturated carbocycles. The van der Waals surface area contributed by atoms with Crippen LogP contribution in [0, 0.1) is 6.92 Å². The standard InChI is InChI=1S/C18H21N3O2S.ClH/c1-12-14(3-2-4-15(12)20-17(22)5-8-19)18(23)21-9-6-16-13(11-21)7-10-24-16;/h2-4,7,10H,5-6,8-9,11,19H2,1H3,(H,20,22);1H. The van der Waals surface area contributed by atoms with Gasteiger partial charge in [-0.15, -0.1) is 23.7 Å². The number of hydrogen-bond donors (Lipinski definition) is 2. The van der Waals surface area contributed by atoms with E-state index in [9.17, 15) is 9.59 Å². The third kappa shape index (κ3) is 4.21. The van der Waals surface area contributed by atoms with E-state index in [2.05, 4.69) is 16.8 Å². The van der Waals surface area contributed by atoms with Crippen LogP contribution in [0.2, 0.25) is 0 Å². The summed E-state index contributed by atoms with van der Waals surface area (Å²) in [4.78, 5) is 27.9. The van der Waals surface area contributed by atoms with Crippen molar-refractivity contribution in [3.8, 4) is 0 Å². The molecule has 7 heteroatoms. The number of carbonyl (C=O) groups is 2. The number of nitrogens with zero attached hydrogens (tertiary/aromatic N) is 1. The Bertz CT molecular complexity index is 775. The van der Waals surface area contributed by atoms with Crippen LogP contribution in [0.4, 0.5) is 5.69 Å². The summed E-state index contributed by atoms with van der Waals surface area (Å²) in [6.07, 6.45) is 1.18. The molecule has 0 unspecified atom stereocenters. The predicted molar refractivity (Wildman–Crippen MR) is 103 cm³/mol. The number of halogens is 1. The SMILES string of the molecule is Cc1c(NC(=O)CCN)cccc1C(=O)N1CCc2sccc2C1.Cl. The number of nitrogens with two attached hydrogens (primary N) is 1. The minimum atomic E-state index is -0.133. The molecule has 1 aliphatic rings. The van der Waals surface area contributed by atoms with Crippen molar-refractivity contribution >= 4 is 41.2 Å². The number of fused-ring (bicyclic) bond motifs is 1. The summed E-state index contributed by atoms with van der Waals surface area (Å²) in [5, 5.41) is 4.91. The zero-order chi connectivity index (χ0) is 17.1. The summed E-state index contributed by atoms with van der Waals surface area (Å²) in [6, 6.07) is 7.53. The molecule has 0 bridgehead atoms. The van der Waals surface area contributed by atoms with Crippen molar-refractivity contribution in [3.05, 3.63) is 51.2 Å². The normalized spacial score (nSPS) is 13.0. The van der Waals surface area contributed by atoms with E-state index >= 15 is 0 Å². The molecule has 0 radical (unpaired) electrons. The molecule has 134 valence electrons. The quantitative estimate of drug-likeness (QED) is 0.857. The number of nitrogens with one attached hydrogen (secondary N) is 1. The van der Waals surface area contributed by atoms with Gasteiger partial charge in [0.15, 0.2) is 0 Å². The Labute approximate surface area is 157 Å². The van der Waals surface area contributed by atoms with Crippen LogP contribution in [-0.4, -0.2) is 29.8 Å². The molecule has 0 fully saturated rings. The maximum Gasteiger partial charge on any atom is 0.254 e. The molecule has 25 heavy (non-hydrogen) atoms. The maximum absolute atomic E-state index is 12.9. The van der Waals surface area contributed by atoms with E-state index in [4.69, 9.17) is 5.73 Å². The average molecular weight is 380 g/mol. The molecule has 3 N–H and O–H groups in total. The van der Waals surface area contributed by atoms with Gasteiger partial charge in [-0.1, -0.05) is 6.07 Å². The Hall–Kier alpha value is -1.89. The van der Waals surface area contributed by atoms with Gasteiger partial charge in [0.1, 0.15) is 0 Å². The van der Waals surface area contributed by atoms with E-state index < -0.39 is 0 Å². The maximum atomic E-state index is 12.9. The van der Waals surface area contributed by atoms with Crippen molar-refractivity contribution in [2.24, 2.45) is 5.73 Å². The Morgan fingerprint density at radius 3 is 2.88 bits per heavy atom. The third-order valence-corrected chi connectivity index (χ3v) is 5.33. The van der Waals surface area contributed by atoms with Gasteiger partial charge in [0, 0.05) is 42.2 Å². The van der Waals surface area contributed by atoms with Crippen molar-refractivity contribution < 1.29 is 9.59 Å². The largest absolute Gasteiger partial charge is 0.334 e. The first-order valence-electron chi connectivity index (χ1n) is 8.04. The highest BCUT2D eigenvalue weighted by molar-refractivity contribution is 7.10. The summed E-state index contributed by atoms with van der Waals surface area (Å²) >= 11 is 1.76. The second-order valence-corrected chi connectivity index (χ2v) is 6.91. The predicted octanol–water partition coefficient (Wildman–Crippen LogP) is 2.96. The molecule has 2 amide bonds. The van der Waals surface area contributed by atoms with Crippen LogP contribution in [0.15, 0.2) is 29.6 Å². The van der Waals surface area contributed by atoms with Crippen LogP contribution < -0.4 is 11.1 Å². The van der Waals surface area contributed by atoms with Gasteiger partial charge in [-0.2, -0.15) is 0 Å². The van der Waals surface area contributed by atoms with Gasteiger partial charge in [-0.25, -0.2) is 0 Å². The van der Waals surface area contributed by atoms with Gasteiger partial charge < -0.3 is 16.0 Å². The fourth-order valence-electron chi connectivity index (χ4n) is 2.94. The second kappa shape index (κ2) is 8.47. The van der Waals surface area contributed by atoms with E-state index in [1.807, 2.05) is 24.0 Å². The zero-order valence-corrected chi connectivity index (χ0v) is 15.7. The molecular formula is C18H22ClN3O2S. The van der Waals surface area contributed by atoms with Crippen LogP contribution in [0.1, 0.15) is 32.8 Å². The molecular weight excluding hydrogens is 358 g/mol. The molecule has 3 rings (SSSR count). The molecule has 0 spiro atoms. The van der Waals surface area contributed by atoms with Gasteiger partial charge in [-0.05, 0) is 48.1 Å². The molecule has 1 aromatic carbocycles. The fourth-order valence-corrected chi connectivity index (χ4v) is 3.83. The molecule has 1 aliphatic heterocycles. The monoisotopic (exact) mass is 379 g/mol. The number of carbonyl (C=O) groups excluding carboxylic acids is 2. The molecule has 1 aromatic heterocycles. The minimum Gasteiger partial charge on any atom is -0.334 e. The van der Waals surface area contributed by atoms with Gasteiger partial charge >= 0.3 is 0 Å². The van der Waals surface area contributed by atoms with Crippen molar-refractivity contribution in [3.63, 3.8) is 0 Å². The number of hydrogen-bond acceptors (Lipinski definition) is 4. The summed E-state index contributed by atoms with van der Waals surface area (Å²) in [7, 11) is 0. The molecule has 5 nitrogen and oxygen atoms in total. The van der Waals surface area contributed by atoms with E-state index in [0.717, 1.165) is 18.5 Å². The third-order valence-electron chi connectivity index (χ3n) is 4.30. The molecule has 0 aliphatic carbocycles. The lowest BCUT2D eigenvalue weighted by molar-refractivity contribution is -0.116. The van der Waals surface area contributed by atoms with E-state index in [0.29, 0.717) is 24.3 Å². The van der Waals surface area contributed by atoms with Crippen LogP contribution >= 0.6 is 23.7 Å². The number of amides is 2. The lowest BCUT2D eigenvalue weighted by atomic mass is 10.0. The van der Waals surface area contributed by atoms with Crippen molar-refractivity contribution in [1.29, 1.82) is 0 Å². The van der Waals surface area contributed by atoms with Crippen molar-refractivity contribution in [2.75, 3.05) is 18.4 Å². The Morgan fingerprint density at radius 1 is 1.32 bits per heavy atom. The summed E-state index contributed by atoms with van der Waals surface area (Å²) < 4.78 is 0. The van der Waals surface area contributed by atoms with Crippen LogP contribution in [-0.2, 0) is 17.8 Å². The minimum absolute atomic E-state index is 0. The first-order valence-corrected chi connectivity index (χ1v) is 8.92. The fraction of sp³-hybridized carbons (Fsp3) is 0.333. The highest BCUT2D eigenvalue weighted by Crippen LogP contribution is 2.27. The van der Waals surface area contributed by atoms with Crippen molar-refractivity contribution in [2.45, 2.75) is 26.3 Å². The van der Waals surface area contributed by atoms with Crippen molar-refractivity contribution in [1.82, 2.24) is 4.90 Å². The number of benzene rings is 1. The Kier molecular flexibility index (Phi) is 6.58. The Morgan fingerprint density at radius 2 is 2.12 bits per heavy atom. The summed E-state index contributed by atoms with van der Waals surface area (Å²) in [5.74, 6) is -0.120. The Balaban J connectivity index is 0.00000225. The molecule has 2 aromatic rings. The van der Waals surface area contributed by atoms with E-state index in [-0.39, 0.29) is 30.6 Å². The highest BCUT2D eigenvalue weighted by atomic mass is 35.5.